The van der Waals surface area contributed by atoms with Crippen molar-refractivity contribution in [3.05, 3.63) is 64.7 Å². The van der Waals surface area contributed by atoms with Crippen LogP contribution in [-0.4, -0.2) is 35.5 Å². The Morgan fingerprint density at radius 3 is 2.25 bits per heavy atom. The molecule has 2 fully saturated rings. The minimum Gasteiger partial charge on any atom is -0.389 e. The van der Waals surface area contributed by atoms with Crippen LogP contribution in [0.25, 0.3) is 0 Å². The molecule has 2 heterocycles. The Labute approximate surface area is 167 Å². The lowest BCUT2D eigenvalue weighted by Gasteiger charge is -2.43. The first kappa shape index (κ1) is 19.8. The van der Waals surface area contributed by atoms with Crippen LogP contribution in [0.1, 0.15) is 31.2 Å². The normalized spacial score (nSPS) is 27.9. The van der Waals surface area contributed by atoms with Crippen LogP contribution in [0.3, 0.4) is 0 Å². The third kappa shape index (κ3) is 3.56. The highest BCUT2D eigenvalue weighted by Crippen LogP contribution is 2.45. The van der Waals surface area contributed by atoms with E-state index in [0.717, 1.165) is 12.1 Å². The van der Waals surface area contributed by atoms with Gasteiger partial charge in [0.05, 0.1) is 10.5 Å². The molecule has 2 aromatic carbocycles. The van der Waals surface area contributed by atoms with Crippen LogP contribution in [0.4, 0.5) is 8.78 Å². The van der Waals surface area contributed by atoms with Gasteiger partial charge in [0.1, 0.15) is 11.6 Å². The van der Waals surface area contributed by atoms with Crippen LogP contribution >= 0.6 is 11.6 Å². The number of hydrogen-bond acceptors (Lipinski definition) is 3. The number of hydrogen-bond donors (Lipinski definition) is 1. The number of benzene rings is 2. The fourth-order valence-corrected chi connectivity index (χ4v) is 6.56. The van der Waals surface area contributed by atoms with Crippen molar-refractivity contribution >= 4 is 21.6 Å². The number of piperidine rings is 1. The van der Waals surface area contributed by atoms with Gasteiger partial charge in [-0.1, -0.05) is 17.7 Å². The summed E-state index contributed by atoms with van der Waals surface area (Å²) in [6.07, 6.45) is 1.75. The van der Waals surface area contributed by atoms with Gasteiger partial charge in [-0.15, -0.1) is 0 Å². The van der Waals surface area contributed by atoms with Crippen LogP contribution in [0.5, 0.6) is 0 Å². The Morgan fingerprint density at radius 1 is 1.07 bits per heavy atom. The van der Waals surface area contributed by atoms with E-state index < -0.39 is 27.3 Å². The third-order valence-corrected chi connectivity index (χ3v) is 7.98. The van der Waals surface area contributed by atoms with Gasteiger partial charge in [-0.3, -0.25) is 0 Å². The number of aliphatic hydroxyl groups is 1. The van der Waals surface area contributed by atoms with Gasteiger partial charge in [-0.25, -0.2) is 17.2 Å². The summed E-state index contributed by atoms with van der Waals surface area (Å²) in [6.45, 7) is 0. The van der Waals surface area contributed by atoms with E-state index in [4.69, 9.17) is 11.6 Å². The van der Waals surface area contributed by atoms with Crippen molar-refractivity contribution < 1.29 is 22.3 Å². The highest BCUT2D eigenvalue weighted by Gasteiger charge is 2.52. The predicted molar refractivity (Wildman–Crippen MR) is 102 cm³/mol. The molecule has 150 valence electrons. The second kappa shape index (κ2) is 7.06. The van der Waals surface area contributed by atoms with E-state index in [-0.39, 0.29) is 41.8 Å². The zero-order valence-corrected chi connectivity index (χ0v) is 16.6. The Morgan fingerprint density at radius 2 is 1.68 bits per heavy atom. The van der Waals surface area contributed by atoms with E-state index in [9.17, 15) is 22.3 Å². The molecule has 0 saturated carbocycles. The summed E-state index contributed by atoms with van der Waals surface area (Å²) < 4.78 is 54.9. The first-order valence-corrected chi connectivity index (χ1v) is 11.0. The molecule has 28 heavy (non-hydrogen) atoms. The maximum absolute atomic E-state index is 14.0. The molecule has 4 nitrogen and oxygen atoms in total. The molecule has 2 atom stereocenters. The predicted octanol–water partition coefficient (Wildman–Crippen LogP) is 3.91. The maximum atomic E-state index is 14.0. The summed E-state index contributed by atoms with van der Waals surface area (Å²) >= 11 is 5.86. The highest BCUT2D eigenvalue weighted by atomic mass is 35.5. The molecule has 4 rings (SSSR count). The molecule has 2 saturated heterocycles. The van der Waals surface area contributed by atoms with Crippen molar-refractivity contribution in [2.45, 2.75) is 54.7 Å². The molecule has 8 heteroatoms. The van der Waals surface area contributed by atoms with Gasteiger partial charge >= 0.3 is 0 Å². The fourth-order valence-electron chi connectivity index (χ4n) is 4.57. The number of rotatable bonds is 4. The fraction of sp³-hybridized carbons (Fsp3) is 0.400. The van der Waals surface area contributed by atoms with Gasteiger partial charge < -0.3 is 5.11 Å². The Hall–Kier alpha value is -1.54. The smallest absolute Gasteiger partial charge is 0.243 e. The first-order chi connectivity index (χ1) is 13.2. The molecular formula is C20H20ClF2NO3S. The lowest BCUT2D eigenvalue weighted by molar-refractivity contribution is -0.0290. The zero-order chi connectivity index (χ0) is 20.1. The van der Waals surface area contributed by atoms with E-state index in [0.29, 0.717) is 17.9 Å². The molecule has 2 aromatic rings. The first-order valence-electron chi connectivity index (χ1n) is 9.13. The summed E-state index contributed by atoms with van der Waals surface area (Å²) in [5.41, 5.74) is -0.992. The van der Waals surface area contributed by atoms with Crippen molar-refractivity contribution in [2.24, 2.45) is 0 Å². The lowest BCUT2D eigenvalue weighted by Crippen LogP contribution is -2.53. The number of sulfonamides is 1. The highest BCUT2D eigenvalue weighted by molar-refractivity contribution is 7.89. The molecule has 2 unspecified atom stereocenters. The Kier molecular flexibility index (Phi) is 4.98. The summed E-state index contributed by atoms with van der Waals surface area (Å²) in [7, 11) is -3.71. The van der Waals surface area contributed by atoms with Crippen LogP contribution in [0, 0.1) is 11.6 Å². The second-order valence-corrected chi connectivity index (χ2v) is 10.00. The van der Waals surface area contributed by atoms with Crippen molar-refractivity contribution in [2.75, 3.05) is 0 Å². The SMILES string of the molecule is O=S(=O)(c1ccc(Cl)cc1)N1C2CCC1CC(O)(Cc1ccc(F)cc1F)C2. The van der Waals surface area contributed by atoms with Gasteiger partial charge in [-0.2, -0.15) is 4.31 Å². The minimum absolute atomic E-state index is 0.0287. The van der Waals surface area contributed by atoms with Crippen molar-refractivity contribution in [1.82, 2.24) is 4.31 Å². The number of fused-ring (bicyclic) bond motifs is 2. The average molecular weight is 428 g/mol. The zero-order valence-electron chi connectivity index (χ0n) is 15.0. The third-order valence-electron chi connectivity index (χ3n) is 5.71. The largest absolute Gasteiger partial charge is 0.389 e. The van der Waals surface area contributed by atoms with Gasteiger partial charge in [-0.05, 0) is 61.6 Å². The quantitative estimate of drug-likeness (QED) is 0.804. The van der Waals surface area contributed by atoms with Gasteiger partial charge in [0.15, 0.2) is 0 Å². The molecule has 0 amide bonds. The van der Waals surface area contributed by atoms with E-state index in [1.54, 1.807) is 0 Å². The molecule has 2 aliphatic heterocycles. The molecule has 1 N–H and O–H groups in total. The molecule has 0 aromatic heterocycles. The summed E-state index contributed by atoms with van der Waals surface area (Å²) in [4.78, 5) is 0.170. The average Bonchev–Trinajstić information content (AvgIpc) is 2.92. The van der Waals surface area contributed by atoms with Gasteiger partial charge in [0.25, 0.3) is 0 Å². The molecule has 0 aliphatic carbocycles. The maximum Gasteiger partial charge on any atom is 0.243 e. The lowest BCUT2D eigenvalue weighted by atomic mass is 9.82. The number of nitrogens with zero attached hydrogens (tertiary/aromatic N) is 1. The van der Waals surface area contributed by atoms with Crippen molar-refractivity contribution in [3.8, 4) is 0 Å². The standard InChI is InChI=1S/C20H20ClF2NO3S/c21-14-2-7-18(8-3-14)28(26,27)24-16-5-6-17(24)12-20(25,11-16)10-13-1-4-15(22)9-19(13)23/h1-4,7-9,16-17,25H,5-6,10-12H2. The van der Waals surface area contributed by atoms with E-state index >= 15 is 0 Å². The van der Waals surface area contributed by atoms with Crippen LogP contribution in [-0.2, 0) is 16.4 Å². The summed E-state index contributed by atoms with van der Waals surface area (Å²) in [6, 6.07) is 8.62. The monoisotopic (exact) mass is 427 g/mol. The molecule has 2 aliphatic rings. The van der Waals surface area contributed by atoms with Crippen LogP contribution in [0.15, 0.2) is 47.4 Å². The topological polar surface area (TPSA) is 57.6 Å². The minimum atomic E-state index is -3.71. The van der Waals surface area contributed by atoms with E-state index in [1.807, 2.05) is 0 Å². The van der Waals surface area contributed by atoms with E-state index in [2.05, 4.69) is 0 Å². The second-order valence-electron chi connectivity index (χ2n) is 7.72. The molecule has 0 spiro atoms. The summed E-state index contributed by atoms with van der Waals surface area (Å²) in [5.74, 6) is -1.37. The Balaban J connectivity index is 1.58. The van der Waals surface area contributed by atoms with Crippen LogP contribution < -0.4 is 0 Å². The summed E-state index contributed by atoms with van der Waals surface area (Å²) in [5, 5.41) is 11.5. The molecular weight excluding hydrogens is 408 g/mol. The van der Waals surface area contributed by atoms with Gasteiger partial charge in [0, 0.05) is 29.6 Å². The van der Waals surface area contributed by atoms with Gasteiger partial charge in [0.2, 0.25) is 10.0 Å². The number of halogens is 3. The van der Waals surface area contributed by atoms with Crippen molar-refractivity contribution in [3.63, 3.8) is 0 Å². The van der Waals surface area contributed by atoms with Crippen molar-refractivity contribution in [1.29, 1.82) is 0 Å². The van der Waals surface area contributed by atoms with E-state index in [1.165, 1.54) is 34.6 Å². The Bertz CT molecular complexity index is 983. The molecule has 2 bridgehead atoms. The van der Waals surface area contributed by atoms with Crippen LogP contribution in [0.2, 0.25) is 5.02 Å². The molecule has 0 radical (unpaired) electrons.